The van der Waals surface area contributed by atoms with Gasteiger partial charge < -0.3 is 10.4 Å². The van der Waals surface area contributed by atoms with Crippen LogP contribution in [0.2, 0.25) is 0 Å². The molecule has 3 N–H and O–H groups in total. The molecule has 0 bridgehead atoms. The molecule has 0 aliphatic carbocycles. The summed E-state index contributed by atoms with van der Waals surface area (Å²) in [4.78, 5) is 21.1. The maximum absolute atomic E-state index is 12.3. The molecular weight excluding hydrogens is 386 g/mol. The van der Waals surface area contributed by atoms with Gasteiger partial charge in [0.2, 0.25) is 10.0 Å². The third kappa shape index (κ3) is 6.41. The summed E-state index contributed by atoms with van der Waals surface area (Å²) in [6.07, 6.45) is 1.59. The van der Waals surface area contributed by atoms with Crippen LogP contribution in [0.25, 0.3) is 0 Å². The van der Waals surface area contributed by atoms with Crippen LogP contribution in [-0.2, 0) is 21.2 Å². The molecule has 1 atom stereocenters. The summed E-state index contributed by atoms with van der Waals surface area (Å²) >= 11 is 0. The van der Waals surface area contributed by atoms with Gasteiger partial charge in [0.15, 0.2) is 0 Å². The molecule has 0 amide bonds. The Balaban J connectivity index is 1.88. The number of nitro benzene ring substituents is 1. The highest BCUT2D eigenvalue weighted by Gasteiger charge is 2.25. The smallest absolute Gasteiger partial charge is 0.323 e. The topological polar surface area (TPSA) is 139 Å². The van der Waals surface area contributed by atoms with Gasteiger partial charge in [-0.25, -0.2) is 8.42 Å². The number of carboxylic acid groups (broad SMARTS) is 1. The number of aryl methyl sites for hydroxylation is 1. The van der Waals surface area contributed by atoms with E-state index in [9.17, 15) is 28.4 Å². The number of carbonyl (C=O) groups is 1. The molecule has 0 fully saturated rings. The minimum absolute atomic E-state index is 0.0870. The van der Waals surface area contributed by atoms with Crippen molar-refractivity contribution < 1.29 is 23.2 Å². The van der Waals surface area contributed by atoms with Crippen molar-refractivity contribution in [2.75, 3.05) is 13.1 Å². The van der Waals surface area contributed by atoms with E-state index in [0.29, 0.717) is 6.54 Å². The van der Waals surface area contributed by atoms with Crippen molar-refractivity contribution in [2.45, 2.75) is 23.8 Å². The lowest BCUT2D eigenvalue weighted by molar-refractivity contribution is -0.384. The number of rotatable bonds is 11. The minimum atomic E-state index is -4.13. The van der Waals surface area contributed by atoms with E-state index >= 15 is 0 Å². The molecule has 2 aromatic rings. The van der Waals surface area contributed by atoms with Gasteiger partial charge >= 0.3 is 5.97 Å². The SMILES string of the molecule is O=C(O)[C@H](CNCCCc1ccccc1)NS(=O)(=O)c1ccc([N+](=O)[O-])cc1. The average molecular weight is 407 g/mol. The predicted octanol–water partition coefficient (Wildman–Crippen LogP) is 1.55. The molecule has 0 saturated heterocycles. The van der Waals surface area contributed by atoms with E-state index < -0.39 is 27.0 Å². The number of nitro groups is 1. The van der Waals surface area contributed by atoms with E-state index in [4.69, 9.17) is 0 Å². The van der Waals surface area contributed by atoms with E-state index in [1.54, 1.807) is 0 Å². The third-order valence-corrected chi connectivity index (χ3v) is 5.45. The van der Waals surface area contributed by atoms with Gasteiger partial charge in [0.05, 0.1) is 9.82 Å². The van der Waals surface area contributed by atoms with Crippen molar-refractivity contribution in [1.82, 2.24) is 10.0 Å². The number of hydrogen-bond donors (Lipinski definition) is 3. The quantitative estimate of drug-likeness (QED) is 0.292. The Morgan fingerprint density at radius 2 is 1.75 bits per heavy atom. The second kappa shape index (κ2) is 9.93. The van der Waals surface area contributed by atoms with E-state index in [-0.39, 0.29) is 17.1 Å². The molecule has 2 aromatic carbocycles. The molecule has 0 aliphatic rings. The molecule has 0 aliphatic heterocycles. The van der Waals surface area contributed by atoms with Gasteiger partial charge in [-0.3, -0.25) is 14.9 Å². The van der Waals surface area contributed by atoms with Gasteiger partial charge in [-0.15, -0.1) is 0 Å². The minimum Gasteiger partial charge on any atom is -0.480 e. The van der Waals surface area contributed by atoms with Gasteiger partial charge in [-0.2, -0.15) is 4.72 Å². The number of nitrogens with zero attached hydrogens (tertiary/aromatic N) is 1. The highest BCUT2D eigenvalue weighted by Crippen LogP contribution is 2.16. The molecule has 10 heteroatoms. The number of aliphatic carboxylic acids is 1. The number of non-ortho nitro benzene ring substituents is 1. The zero-order chi connectivity index (χ0) is 20.6. The number of hydrogen-bond acceptors (Lipinski definition) is 6. The van der Waals surface area contributed by atoms with Gasteiger partial charge in [0.25, 0.3) is 5.69 Å². The van der Waals surface area contributed by atoms with Crippen molar-refractivity contribution in [1.29, 1.82) is 0 Å². The predicted molar refractivity (Wildman–Crippen MR) is 102 cm³/mol. The fourth-order valence-corrected chi connectivity index (χ4v) is 3.68. The molecule has 9 nitrogen and oxygen atoms in total. The monoisotopic (exact) mass is 407 g/mol. The maximum Gasteiger partial charge on any atom is 0.323 e. The van der Waals surface area contributed by atoms with E-state index in [2.05, 4.69) is 10.0 Å². The summed E-state index contributed by atoms with van der Waals surface area (Å²) in [6, 6.07) is 12.7. The fraction of sp³-hybridized carbons (Fsp3) is 0.278. The normalized spacial score (nSPS) is 12.4. The summed E-state index contributed by atoms with van der Waals surface area (Å²) < 4.78 is 26.8. The second-order valence-electron chi connectivity index (χ2n) is 6.06. The van der Waals surface area contributed by atoms with Gasteiger partial charge in [-0.05, 0) is 37.1 Å². The molecule has 150 valence electrons. The van der Waals surface area contributed by atoms with Crippen LogP contribution in [-0.4, -0.2) is 43.5 Å². The molecule has 0 heterocycles. The average Bonchev–Trinajstić information content (AvgIpc) is 2.67. The van der Waals surface area contributed by atoms with Crippen LogP contribution >= 0.6 is 0 Å². The zero-order valence-electron chi connectivity index (χ0n) is 14.9. The lowest BCUT2D eigenvalue weighted by atomic mass is 10.1. The number of sulfonamides is 1. The Bertz CT molecular complexity index is 901. The first-order valence-electron chi connectivity index (χ1n) is 8.54. The molecule has 0 spiro atoms. The molecule has 0 unspecified atom stereocenters. The number of nitrogens with one attached hydrogen (secondary N) is 2. The van der Waals surface area contributed by atoms with E-state index in [1.807, 2.05) is 30.3 Å². The lowest BCUT2D eigenvalue weighted by Gasteiger charge is -2.15. The van der Waals surface area contributed by atoms with Crippen LogP contribution in [0.4, 0.5) is 5.69 Å². The molecule has 2 rings (SSSR count). The van der Waals surface area contributed by atoms with Crippen LogP contribution in [0, 0.1) is 10.1 Å². The van der Waals surface area contributed by atoms with Crippen LogP contribution < -0.4 is 10.0 Å². The van der Waals surface area contributed by atoms with Crippen LogP contribution in [0.5, 0.6) is 0 Å². The van der Waals surface area contributed by atoms with Crippen molar-refractivity contribution in [3.63, 3.8) is 0 Å². The molecular formula is C18H21N3O6S. The molecule has 0 saturated carbocycles. The van der Waals surface area contributed by atoms with E-state index in [1.165, 1.54) is 0 Å². The standard InChI is InChI=1S/C18H21N3O6S/c22-18(23)17(13-19-12-4-7-14-5-2-1-3-6-14)20-28(26,27)16-10-8-15(9-11-16)21(24)25/h1-3,5-6,8-11,17,19-20H,4,7,12-13H2,(H,22,23)/t17-/m0/s1. The zero-order valence-corrected chi connectivity index (χ0v) is 15.8. The highest BCUT2D eigenvalue weighted by atomic mass is 32.2. The molecule has 0 radical (unpaired) electrons. The Labute approximate surface area is 162 Å². The largest absolute Gasteiger partial charge is 0.480 e. The Kier molecular flexibility index (Phi) is 7.61. The van der Waals surface area contributed by atoms with Gasteiger partial charge in [0, 0.05) is 18.7 Å². The summed E-state index contributed by atoms with van der Waals surface area (Å²) in [7, 11) is -4.13. The van der Waals surface area contributed by atoms with Crippen molar-refractivity contribution >= 4 is 21.7 Å². The maximum atomic E-state index is 12.3. The fourth-order valence-electron chi connectivity index (χ4n) is 2.49. The first kappa shape index (κ1) is 21.5. The van der Waals surface area contributed by atoms with Crippen molar-refractivity contribution in [2.24, 2.45) is 0 Å². The van der Waals surface area contributed by atoms with Crippen LogP contribution in [0.1, 0.15) is 12.0 Å². The Morgan fingerprint density at radius 1 is 1.11 bits per heavy atom. The Morgan fingerprint density at radius 3 is 2.32 bits per heavy atom. The first-order chi connectivity index (χ1) is 13.3. The summed E-state index contributed by atoms with van der Waals surface area (Å²) in [5.41, 5.74) is 0.909. The lowest BCUT2D eigenvalue weighted by Crippen LogP contribution is -2.47. The van der Waals surface area contributed by atoms with Crippen molar-refractivity contribution in [3.05, 3.63) is 70.3 Å². The van der Waals surface area contributed by atoms with Crippen LogP contribution in [0.15, 0.2) is 59.5 Å². The van der Waals surface area contributed by atoms with Gasteiger partial charge in [0.1, 0.15) is 6.04 Å². The van der Waals surface area contributed by atoms with Crippen molar-refractivity contribution in [3.8, 4) is 0 Å². The Hall–Kier alpha value is -2.82. The highest BCUT2D eigenvalue weighted by molar-refractivity contribution is 7.89. The molecule has 28 heavy (non-hydrogen) atoms. The van der Waals surface area contributed by atoms with E-state index in [0.717, 1.165) is 42.7 Å². The number of benzene rings is 2. The summed E-state index contributed by atoms with van der Waals surface area (Å²) in [6.45, 7) is 0.439. The third-order valence-electron chi connectivity index (χ3n) is 3.96. The van der Waals surface area contributed by atoms with Gasteiger partial charge in [-0.1, -0.05) is 30.3 Å². The summed E-state index contributed by atoms with van der Waals surface area (Å²) in [5.74, 6) is -1.32. The molecule has 0 aromatic heterocycles. The first-order valence-corrected chi connectivity index (χ1v) is 10.0. The summed E-state index contributed by atoms with van der Waals surface area (Å²) in [5, 5.41) is 22.9. The van der Waals surface area contributed by atoms with Crippen LogP contribution in [0.3, 0.4) is 0 Å². The second-order valence-corrected chi connectivity index (χ2v) is 7.77. The number of carboxylic acids is 1.